The van der Waals surface area contributed by atoms with Crippen LogP contribution in [0.15, 0.2) is 58.8 Å². The fourth-order valence-corrected chi connectivity index (χ4v) is 5.57. The van der Waals surface area contributed by atoms with Crippen molar-refractivity contribution < 1.29 is 0 Å². The summed E-state index contributed by atoms with van der Waals surface area (Å²) < 4.78 is 2.23. The molecule has 6 rings (SSSR count). The lowest BCUT2D eigenvalue weighted by Crippen LogP contribution is -2.18. The van der Waals surface area contributed by atoms with Crippen LogP contribution in [-0.4, -0.2) is 40.2 Å². The smallest absolute Gasteiger partial charge is 0.205 e. The first-order valence-electron chi connectivity index (χ1n) is 11.7. The Morgan fingerprint density at radius 2 is 1.57 bits per heavy atom. The number of nitrogens with zero attached hydrogens (tertiary/aromatic N) is 7. The normalized spacial score (nSPS) is 16.0. The van der Waals surface area contributed by atoms with E-state index in [1.807, 2.05) is 24.3 Å². The molecule has 35 heavy (non-hydrogen) atoms. The molecular formula is C25H22N8S2. The molecule has 3 heterocycles. The Balaban J connectivity index is 1.49. The van der Waals surface area contributed by atoms with Gasteiger partial charge in [0.1, 0.15) is 17.2 Å². The Morgan fingerprint density at radius 1 is 0.857 bits per heavy atom. The average Bonchev–Trinajstić information content (AvgIpc) is 3.57. The van der Waals surface area contributed by atoms with Crippen LogP contribution in [0, 0.1) is 0 Å². The molecule has 0 spiro atoms. The fraction of sp³-hybridized carbons (Fsp3) is 0.280. The molecule has 1 fully saturated rings. The summed E-state index contributed by atoms with van der Waals surface area (Å²) in [6.45, 7) is 0.600. The van der Waals surface area contributed by atoms with Crippen LogP contribution in [0.4, 0.5) is 0 Å². The van der Waals surface area contributed by atoms with Crippen LogP contribution in [0.1, 0.15) is 60.8 Å². The molecule has 0 atom stereocenters. The van der Waals surface area contributed by atoms with E-state index in [4.69, 9.17) is 29.4 Å². The topological polar surface area (TPSA) is 97.0 Å². The molecule has 10 heteroatoms. The van der Waals surface area contributed by atoms with Gasteiger partial charge in [0.2, 0.25) is 5.82 Å². The van der Waals surface area contributed by atoms with E-state index in [1.165, 1.54) is 19.3 Å². The molecule has 0 unspecified atom stereocenters. The molecule has 1 saturated carbocycles. The zero-order valence-corrected chi connectivity index (χ0v) is 20.5. The zero-order valence-electron chi connectivity index (χ0n) is 18.9. The Labute approximate surface area is 212 Å². The number of thiocarbonyl (C=S) groups is 2. The van der Waals surface area contributed by atoms with Crippen LogP contribution in [0.3, 0.4) is 0 Å². The Kier molecular flexibility index (Phi) is 5.83. The van der Waals surface area contributed by atoms with Crippen LogP contribution in [-0.2, 0) is 6.54 Å². The molecule has 1 aliphatic heterocycles. The van der Waals surface area contributed by atoms with Crippen molar-refractivity contribution in [3.63, 3.8) is 0 Å². The largest absolute Gasteiger partial charge is 0.321 e. The number of aromatic amines is 1. The van der Waals surface area contributed by atoms with Crippen molar-refractivity contribution in [1.82, 2.24) is 30.2 Å². The minimum Gasteiger partial charge on any atom is -0.321 e. The summed E-state index contributed by atoms with van der Waals surface area (Å²) >= 11 is 11.1. The highest BCUT2D eigenvalue weighted by molar-refractivity contribution is 7.81. The number of imidazole rings is 1. The number of azo groups is 1. The van der Waals surface area contributed by atoms with Crippen LogP contribution < -0.4 is 0 Å². The fourth-order valence-electron chi connectivity index (χ4n) is 5.13. The molecule has 8 nitrogen and oxygen atoms in total. The molecule has 2 aromatic carbocycles. The number of fused-ring (bicyclic) bond motifs is 1. The quantitative estimate of drug-likeness (QED) is 0.358. The molecule has 1 aliphatic carbocycles. The maximum Gasteiger partial charge on any atom is 0.205 e. The second kappa shape index (κ2) is 9.27. The number of hydrogen-bond acceptors (Lipinski definition) is 6. The van der Waals surface area contributed by atoms with Gasteiger partial charge in [-0.25, -0.2) is 4.98 Å². The van der Waals surface area contributed by atoms with Crippen molar-refractivity contribution in [1.29, 1.82) is 0 Å². The summed E-state index contributed by atoms with van der Waals surface area (Å²) in [5.41, 5.74) is 5.68. The Hall–Kier alpha value is -3.50. The summed E-state index contributed by atoms with van der Waals surface area (Å²) in [5.74, 6) is 1.97. The van der Waals surface area contributed by atoms with Gasteiger partial charge in [0, 0.05) is 11.5 Å². The summed E-state index contributed by atoms with van der Waals surface area (Å²) in [7, 11) is 0. The van der Waals surface area contributed by atoms with Crippen molar-refractivity contribution >= 4 is 34.4 Å². The summed E-state index contributed by atoms with van der Waals surface area (Å²) in [4.78, 5) is 5.85. The van der Waals surface area contributed by atoms with E-state index < -0.39 is 0 Å². The molecule has 0 amide bonds. The van der Waals surface area contributed by atoms with E-state index in [0.717, 1.165) is 46.6 Å². The van der Waals surface area contributed by atoms with E-state index in [2.05, 4.69) is 59.7 Å². The van der Waals surface area contributed by atoms with Crippen LogP contribution in [0.5, 0.6) is 0 Å². The third kappa shape index (κ3) is 4.02. The van der Waals surface area contributed by atoms with Crippen LogP contribution >= 0.6 is 24.4 Å². The Bertz CT molecular complexity index is 1450. The second-order valence-electron chi connectivity index (χ2n) is 8.84. The molecule has 0 bridgehead atoms. The maximum absolute atomic E-state index is 5.63. The highest BCUT2D eigenvalue weighted by Crippen LogP contribution is 2.37. The first kappa shape index (κ1) is 22.0. The van der Waals surface area contributed by atoms with Crippen molar-refractivity contribution in [3.8, 4) is 22.5 Å². The van der Waals surface area contributed by atoms with E-state index in [9.17, 15) is 0 Å². The van der Waals surface area contributed by atoms with Gasteiger partial charge in [-0.3, -0.25) is 0 Å². The van der Waals surface area contributed by atoms with Crippen molar-refractivity contribution in [2.45, 2.75) is 44.6 Å². The molecular weight excluding hydrogens is 476 g/mol. The van der Waals surface area contributed by atoms with Gasteiger partial charge in [-0.2, -0.15) is 5.21 Å². The van der Waals surface area contributed by atoms with Gasteiger partial charge < -0.3 is 4.57 Å². The van der Waals surface area contributed by atoms with Gasteiger partial charge in [-0.15, -0.1) is 20.4 Å². The van der Waals surface area contributed by atoms with Gasteiger partial charge in [0.05, 0.1) is 6.54 Å². The SMILES string of the molecule is S=C1N=NC(=S)c2c1nc(C1CCCCC1)n2Cc1ccccc1-c1ccccc1-c1nn[nH]n1. The minimum atomic E-state index is 0.374. The van der Waals surface area contributed by atoms with Gasteiger partial charge in [0.25, 0.3) is 0 Å². The molecule has 1 N–H and O–H groups in total. The summed E-state index contributed by atoms with van der Waals surface area (Å²) in [6.07, 6.45) is 5.92. The predicted molar refractivity (Wildman–Crippen MR) is 140 cm³/mol. The molecule has 174 valence electrons. The van der Waals surface area contributed by atoms with Crippen molar-refractivity contribution in [2.24, 2.45) is 10.2 Å². The van der Waals surface area contributed by atoms with Crippen LogP contribution in [0.2, 0.25) is 0 Å². The lowest BCUT2D eigenvalue weighted by Gasteiger charge is -2.23. The lowest BCUT2D eigenvalue weighted by atomic mass is 9.88. The van der Waals surface area contributed by atoms with Gasteiger partial charge in [0.15, 0.2) is 9.98 Å². The number of aromatic nitrogens is 6. The molecule has 0 radical (unpaired) electrons. The molecule has 2 aliphatic rings. The number of hydrogen-bond donors (Lipinski definition) is 1. The van der Waals surface area contributed by atoms with Gasteiger partial charge in [-0.1, -0.05) is 92.2 Å². The van der Waals surface area contributed by atoms with E-state index in [-0.39, 0.29) is 0 Å². The van der Waals surface area contributed by atoms with Gasteiger partial charge >= 0.3 is 0 Å². The predicted octanol–water partition coefficient (Wildman–Crippen LogP) is 5.64. The summed E-state index contributed by atoms with van der Waals surface area (Å²) in [6, 6.07) is 16.5. The second-order valence-corrected chi connectivity index (χ2v) is 9.61. The number of benzene rings is 2. The number of rotatable bonds is 5. The van der Waals surface area contributed by atoms with E-state index in [0.29, 0.717) is 34.0 Å². The Morgan fingerprint density at radius 3 is 2.34 bits per heavy atom. The number of nitrogens with one attached hydrogen (secondary N) is 1. The number of H-pyrrole nitrogens is 1. The highest BCUT2D eigenvalue weighted by Gasteiger charge is 2.31. The van der Waals surface area contributed by atoms with Crippen molar-refractivity contribution in [3.05, 3.63) is 71.3 Å². The minimum absolute atomic E-state index is 0.374. The van der Waals surface area contributed by atoms with Gasteiger partial charge in [-0.05, 0) is 34.7 Å². The molecule has 4 aromatic rings. The third-order valence-corrected chi connectivity index (χ3v) is 7.30. The first-order chi connectivity index (χ1) is 17.2. The van der Waals surface area contributed by atoms with E-state index in [1.54, 1.807) is 0 Å². The molecule has 2 aromatic heterocycles. The van der Waals surface area contributed by atoms with Crippen molar-refractivity contribution in [2.75, 3.05) is 0 Å². The standard InChI is InChI=1S/C25H22N8S2/c34-24-20-21(25(35)30-29-24)33(23(26-20)15-8-2-1-3-9-15)14-16-10-4-5-11-17(16)18-12-6-7-13-19(18)22-27-31-32-28-22/h4-7,10-13,15H,1-3,8-9,14H2,(H,27,28,31,32). The first-order valence-corrected chi connectivity index (χ1v) is 12.5. The molecule has 0 saturated heterocycles. The summed E-state index contributed by atoms with van der Waals surface area (Å²) in [5, 5.41) is 23.0. The third-order valence-electron chi connectivity index (χ3n) is 6.75. The van der Waals surface area contributed by atoms with Crippen LogP contribution in [0.25, 0.3) is 22.5 Å². The lowest BCUT2D eigenvalue weighted by molar-refractivity contribution is 0.418. The zero-order chi connectivity index (χ0) is 23.8. The number of tetrazole rings is 1. The van der Waals surface area contributed by atoms with E-state index >= 15 is 0 Å². The average molecular weight is 499 g/mol. The maximum atomic E-state index is 5.63. The monoisotopic (exact) mass is 498 g/mol. The highest BCUT2D eigenvalue weighted by atomic mass is 32.1.